The summed E-state index contributed by atoms with van der Waals surface area (Å²) >= 11 is 2.09. The van der Waals surface area contributed by atoms with Crippen molar-refractivity contribution in [1.29, 1.82) is 0 Å². The summed E-state index contributed by atoms with van der Waals surface area (Å²) in [5.41, 5.74) is 7.22. The van der Waals surface area contributed by atoms with Crippen LogP contribution in [0.15, 0.2) is 0 Å². The molecule has 2 N–H and O–H groups in total. The predicted molar refractivity (Wildman–Crippen MR) is 87.1 cm³/mol. The molecule has 1 aliphatic carbocycles. The maximum Gasteiger partial charge on any atom is 0.0701 e. The fourth-order valence-corrected chi connectivity index (χ4v) is 5.94. The molecule has 3 atom stereocenters. The van der Waals surface area contributed by atoms with Crippen LogP contribution in [0.2, 0.25) is 0 Å². The number of nitrogens with two attached hydrogens (primary N) is 1. The van der Waals surface area contributed by atoms with Gasteiger partial charge in [-0.15, -0.1) is 0 Å². The van der Waals surface area contributed by atoms with E-state index < -0.39 is 0 Å². The smallest absolute Gasteiger partial charge is 0.0701 e. The molecule has 1 spiro atoms. The first kappa shape index (κ1) is 15.2. The van der Waals surface area contributed by atoms with Crippen molar-refractivity contribution >= 4 is 11.8 Å². The van der Waals surface area contributed by atoms with Crippen LogP contribution in [-0.4, -0.2) is 29.8 Å². The van der Waals surface area contributed by atoms with E-state index in [9.17, 15) is 0 Å². The fourth-order valence-electron chi connectivity index (χ4n) is 4.70. The van der Waals surface area contributed by atoms with Gasteiger partial charge in [0.1, 0.15) is 0 Å². The van der Waals surface area contributed by atoms with Gasteiger partial charge in [0.25, 0.3) is 0 Å². The largest absolute Gasteiger partial charge is 0.375 e. The van der Waals surface area contributed by atoms with Gasteiger partial charge in [-0.2, -0.15) is 11.8 Å². The third-order valence-corrected chi connectivity index (χ3v) is 7.02. The molecule has 0 aromatic heterocycles. The van der Waals surface area contributed by atoms with Crippen LogP contribution in [0.5, 0.6) is 0 Å². The van der Waals surface area contributed by atoms with E-state index in [0.29, 0.717) is 11.5 Å². The highest BCUT2D eigenvalue weighted by Gasteiger charge is 2.44. The van der Waals surface area contributed by atoms with Crippen LogP contribution in [0.25, 0.3) is 0 Å². The molecule has 2 aliphatic heterocycles. The highest BCUT2D eigenvalue weighted by Crippen LogP contribution is 2.48. The molecule has 0 amide bonds. The standard InChI is InChI=1S/C17H31NOS/c1-16(2)5-3-15(18)14(12-16)13-4-8-19-17(11-13)6-9-20-10-7-17/h13-15H,3-12,18H2,1-2H3. The van der Waals surface area contributed by atoms with E-state index >= 15 is 0 Å². The monoisotopic (exact) mass is 297 g/mol. The summed E-state index contributed by atoms with van der Waals surface area (Å²) in [4.78, 5) is 0. The predicted octanol–water partition coefficient (Wildman–Crippen LogP) is 3.83. The lowest BCUT2D eigenvalue weighted by atomic mass is 9.63. The Morgan fingerprint density at radius 2 is 1.80 bits per heavy atom. The average Bonchev–Trinajstić information content (AvgIpc) is 2.42. The highest BCUT2D eigenvalue weighted by molar-refractivity contribution is 7.99. The Morgan fingerprint density at radius 3 is 2.55 bits per heavy atom. The van der Waals surface area contributed by atoms with E-state index in [1.54, 1.807) is 0 Å². The zero-order valence-corrected chi connectivity index (χ0v) is 14.0. The first-order valence-electron chi connectivity index (χ1n) is 8.47. The van der Waals surface area contributed by atoms with Gasteiger partial charge in [0.2, 0.25) is 0 Å². The number of hydrogen-bond acceptors (Lipinski definition) is 3. The first-order valence-corrected chi connectivity index (χ1v) is 9.63. The van der Waals surface area contributed by atoms with Crippen molar-refractivity contribution in [2.24, 2.45) is 23.0 Å². The molecule has 0 bridgehead atoms. The molecule has 2 nitrogen and oxygen atoms in total. The van der Waals surface area contributed by atoms with Gasteiger partial charge in [0, 0.05) is 12.6 Å². The summed E-state index contributed by atoms with van der Waals surface area (Å²) in [5.74, 6) is 4.11. The lowest BCUT2D eigenvalue weighted by Crippen LogP contribution is -2.49. The quantitative estimate of drug-likeness (QED) is 0.799. The van der Waals surface area contributed by atoms with E-state index in [-0.39, 0.29) is 5.60 Å². The Hall–Kier alpha value is 0.270. The highest BCUT2D eigenvalue weighted by atomic mass is 32.2. The lowest BCUT2D eigenvalue weighted by molar-refractivity contribution is -0.117. The van der Waals surface area contributed by atoms with Crippen LogP contribution < -0.4 is 5.73 Å². The van der Waals surface area contributed by atoms with E-state index in [1.807, 2.05) is 0 Å². The molecule has 3 rings (SSSR count). The minimum atomic E-state index is 0.218. The lowest BCUT2D eigenvalue weighted by Gasteiger charge is -2.49. The maximum absolute atomic E-state index is 6.50. The summed E-state index contributed by atoms with van der Waals surface area (Å²) < 4.78 is 6.26. The third kappa shape index (κ3) is 3.20. The van der Waals surface area contributed by atoms with Crippen LogP contribution in [0.3, 0.4) is 0 Å². The van der Waals surface area contributed by atoms with Crippen LogP contribution in [0.4, 0.5) is 0 Å². The van der Waals surface area contributed by atoms with Gasteiger partial charge in [-0.05, 0) is 73.7 Å². The number of hydrogen-bond donors (Lipinski definition) is 1. The van der Waals surface area contributed by atoms with Crippen molar-refractivity contribution in [2.75, 3.05) is 18.1 Å². The maximum atomic E-state index is 6.50. The van der Waals surface area contributed by atoms with Crippen LogP contribution in [-0.2, 0) is 4.74 Å². The zero-order chi connectivity index (χ0) is 14.2. The normalized spacial score (nSPS) is 40.6. The summed E-state index contributed by atoms with van der Waals surface area (Å²) in [6, 6.07) is 0.432. The molecule has 0 radical (unpaired) electrons. The molecule has 2 saturated heterocycles. The van der Waals surface area contributed by atoms with Crippen LogP contribution in [0.1, 0.15) is 58.8 Å². The Balaban J connectivity index is 1.69. The minimum Gasteiger partial charge on any atom is -0.375 e. The van der Waals surface area contributed by atoms with Crippen LogP contribution in [0, 0.1) is 17.3 Å². The van der Waals surface area contributed by atoms with Gasteiger partial charge < -0.3 is 10.5 Å². The molecular weight excluding hydrogens is 266 g/mol. The molecule has 2 heterocycles. The molecule has 3 aliphatic rings. The number of rotatable bonds is 1. The second-order valence-corrected chi connectivity index (χ2v) is 9.36. The molecule has 0 aromatic rings. The van der Waals surface area contributed by atoms with Gasteiger partial charge in [0.15, 0.2) is 0 Å². The SMILES string of the molecule is CC1(C)CCC(N)C(C2CCOC3(CCSCC3)C2)C1. The molecule has 3 fully saturated rings. The molecule has 20 heavy (non-hydrogen) atoms. The van der Waals surface area contributed by atoms with E-state index in [2.05, 4.69) is 25.6 Å². The molecule has 0 aromatic carbocycles. The third-order valence-electron chi connectivity index (χ3n) is 6.03. The van der Waals surface area contributed by atoms with Crippen molar-refractivity contribution in [3.8, 4) is 0 Å². The molecule has 116 valence electrons. The van der Waals surface area contributed by atoms with E-state index in [4.69, 9.17) is 10.5 Å². The molecule has 1 saturated carbocycles. The fraction of sp³-hybridized carbons (Fsp3) is 1.00. The van der Waals surface area contributed by atoms with Gasteiger partial charge in [0.05, 0.1) is 5.60 Å². The topological polar surface area (TPSA) is 35.2 Å². The second-order valence-electron chi connectivity index (χ2n) is 8.13. The Morgan fingerprint density at radius 1 is 1.05 bits per heavy atom. The summed E-state index contributed by atoms with van der Waals surface area (Å²) in [6.45, 7) is 5.83. The number of thioether (sulfide) groups is 1. The van der Waals surface area contributed by atoms with Crippen molar-refractivity contribution in [3.63, 3.8) is 0 Å². The summed E-state index contributed by atoms with van der Waals surface area (Å²) in [5, 5.41) is 0. The van der Waals surface area contributed by atoms with Crippen molar-refractivity contribution in [1.82, 2.24) is 0 Å². The molecule has 3 unspecified atom stereocenters. The van der Waals surface area contributed by atoms with Gasteiger partial charge in [-0.3, -0.25) is 0 Å². The summed E-state index contributed by atoms with van der Waals surface area (Å²) in [6.07, 6.45) is 8.89. The zero-order valence-electron chi connectivity index (χ0n) is 13.2. The van der Waals surface area contributed by atoms with Gasteiger partial charge in [-0.25, -0.2) is 0 Å². The van der Waals surface area contributed by atoms with E-state index in [0.717, 1.165) is 18.4 Å². The van der Waals surface area contributed by atoms with Crippen LogP contribution >= 0.6 is 11.8 Å². The molecule has 3 heteroatoms. The average molecular weight is 298 g/mol. The first-order chi connectivity index (χ1) is 9.50. The molecular formula is C17H31NOS. The van der Waals surface area contributed by atoms with Crippen molar-refractivity contribution in [3.05, 3.63) is 0 Å². The Labute approximate surface area is 128 Å². The van der Waals surface area contributed by atoms with Gasteiger partial charge >= 0.3 is 0 Å². The van der Waals surface area contributed by atoms with Crippen molar-refractivity contribution in [2.45, 2.75) is 70.4 Å². The van der Waals surface area contributed by atoms with Crippen molar-refractivity contribution < 1.29 is 4.74 Å². The summed E-state index contributed by atoms with van der Waals surface area (Å²) in [7, 11) is 0. The van der Waals surface area contributed by atoms with Gasteiger partial charge in [-0.1, -0.05) is 13.8 Å². The Kier molecular flexibility index (Phi) is 4.41. The van der Waals surface area contributed by atoms with E-state index in [1.165, 1.54) is 56.5 Å². The Bertz CT molecular complexity index is 332. The number of ether oxygens (including phenoxy) is 1. The minimum absolute atomic E-state index is 0.218. The second kappa shape index (κ2) is 5.81.